The third-order valence-electron chi connectivity index (χ3n) is 4.31. The van der Waals surface area contributed by atoms with Gasteiger partial charge in [0.25, 0.3) is 5.69 Å². The van der Waals surface area contributed by atoms with Gasteiger partial charge in [0.15, 0.2) is 11.5 Å². The van der Waals surface area contributed by atoms with Crippen LogP contribution in [0.1, 0.15) is 31.0 Å². The summed E-state index contributed by atoms with van der Waals surface area (Å²) in [6.45, 7) is 2.75. The van der Waals surface area contributed by atoms with Gasteiger partial charge in [0.1, 0.15) is 5.52 Å². The molecule has 0 saturated heterocycles. The lowest BCUT2D eigenvalue weighted by molar-refractivity contribution is -0.383. The number of unbranched alkanes of at least 4 members (excludes halogenated alkanes) is 1. The molecule has 0 spiro atoms. The minimum Gasteiger partial charge on any atom is -0.493 e. The molecule has 0 aliphatic carbocycles. The molecule has 0 amide bonds. The molecular weight excluding hydrogens is 356 g/mol. The van der Waals surface area contributed by atoms with Crippen molar-refractivity contribution in [3.05, 3.63) is 69.9 Å². The maximum atomic E-state index is 11.2. The molecular formula is C22H22N2O4. The number of nitro groups is 1. The number of ether oxygens (including phenoxy) is 2. The number of nitro benzene ring substituents is 1. The van der Waals surface area contributed by atoms with E-state index in [4.69, 9.17) is 9.47 Å². The molecule has 1 aromatic heterocycles. The van der Waals surface area contributed by atoms with Gasteiger partial charge in [-0.2, -0.15) is 0 Å². The molecule has 0 aliphatic rings. The maximum Gasteiger partial charge on any atom is 0.295 e. The zero-order valence-corrected chi connectivity index (χ0v) is 15.9. The van der Waals surface area contributed by atoms with Crippen molar-refractivity contribution in [2.45, 2.75) is 19.8 Å². The predicted octanol–water partition coefficient (Wildman–Crippen LogP) is 5.50. The smallest absolute Gasteiger partial charge is 0.295 e. The Kier molecular flexibility index (Phi) is 6.22. The Hall–Kier alpha value is -3.41. The van der Waals surface area contributed by atoms with Crippen molar-refractivity contribution in [1.82, 2.24) is 4.98 Å². The second-order valence-electron chi connectivity index (χ2n) is 6.29. The van der Waals surface area contributed by atoms with Crippen molar-refractivity contribution in [1.29, 1.82) is 0 Å². The van der Waals surface area contributed by atoms with Crippen LogP contribution in [0.5, 0.6) is 11.5 Å². The van der Waals surface area contributed by atoms with E-state index in [0.717, 1.165) is 23.8 Å². The molecule has 1 heterocycles. The molecule has 0 N–H and O–H groups in total. The van der Waals surface area contributed by atoms with Crippen LogP contribution in [0.2, 0.25) is 0 Å². The Morgan fingerprint density at radius 2 is 1.96 bits per heavy atom. The molecule has 2 aromatic carbocycles. The molecule has 0 bridgehead atoms. The van der Waals surface area contributed by atoms with E-state index in [1.807, 2.05) is 48.6 Å². The largest absolute Gasteiger partial charge is 0.493 e. The predicted molar refractivity (Wildman–Crippen MR) is 111 cm³/mol. The monoisotopic (exact) mass is 378 g/mol. The Bertz CT molecular complexity index is 1010. The highest BCUT2D eigenvalue weighted by Gasteiger charge is 2.12. The van der Waals surface area contributed by atoms with Crippen LogP contribution in [0.25, 0.3) is 23.1 Å². The molecule has 0 aliphatic heterocycles. The van der Waals surface area contributed by atoms with Crippen LogP contribution < -0.4 is 9.47 Å². The maximum absolute atomic E-state index is 11.2. The van der Waals surface area contributed by atoms with E-state index in [0.29, 0.717) is 29.3 Å². The Balaban J connectivity index is 1.88. The average Bonchev–Trinajstić information content (AvgIpc) is 2.72. The van der Waals surface area contributed by atoms with E-state index < -0.39 is 4.92 Å². The number of fused-ring (bicyclic) bond motifs is 1. The first-order valence-corrected chi connectivity index (χ1v) is 9.15. The van der Waals surface area contributed by atoms with E-state index >= 15 is 0 Å². The number of aromatic nitrogens is 1. The molecule has 0 saturated carbocycles. The Morgan fingerprint density at radius 3 is 2.71 bits per heavy atom. The fraction of sp³-hybridized carbons (Fsp3) is 0.227. The lowest BCUT2D eigenvalue weighted by atomic mass is 10.1. The van der Waals surface area contributed by atoms with Crippen LogP contribution in [0, 0.1) is 10.1 Å². The molecule has 0 radical (unpaired) electrons. The summed E-state index contributed by atoms with van der Waals surface area (Å²) in [6, 6.07) is 14.3. The zero-order chi connectivity index (χ0) is 19.9. The molecule has 28 heavy (non-hydrogen) atoms. The molecule has 144 valence electrons. The summed E-state index contributed by atoms with van der Waals surface area (Å²) in [6.07, 6.45) is 5.76. The normalized spacial score (nSPS) is 11.1. The zero-order valence-electron chi connectivity index (χ0n) is 15.9. The first-order chi connectivity index (χ1) is 13.6. The number of hydrogen-bond donors (Lipinski definition) is 0. The van der Waals surface area contributed by atoms with E-state index in [9.17, 15) is 10.1 Å². The third-order valence-corrected chi connectivity index (χ3v) is 4.31. The van der Waals surface area contributed by atoms with Gasteiger partial charge in [0.2, 0.25) is 0 Å². The summed E-state index contributed by atoms with van der Waals surface area (Å²) in [5.74, 6) is 1.38. The van der Waals surface area contributed by atoms with E-state index in [2.05, 4.69) is 11.9 Å². The van der Waals surface area contributed by atoms with Crippen molar-refractivity contribution in [2.75, 3.05) is 13.7 Å². The number of non-ortho nitro benzene ring substituents is 1. The first kappa shape index (κ1) is 19.4. The van der Waals surface area contributed by atoms with Crippen molar-refractivity contribution in [2.24, 2.45) is 0 Å². The van der Waals surface area contributed by atoms with Crippen LogP contribution in [-0.2, 0) is 0 Å². The molecule has 3 aromatic rings. The highest BCUT2D eigenvalue weighted by atomic mass is 16.6. The van der Waals surface area contributed by atoms with Crippen LogP contribution >= 0.6 is 0 Å². The number of benzene rings is 2. The van der Waals surface area contributed by atoms with E-state index in [1.165, 1.54) is 6.07 Å². The number of nitrogens with zero attached hydrogens (tertiary/aromatic N) is 2. The quantitative estimate of drug-likeness (QED) is 0.294. The summed E-state index contributed by atoms with van der Waals surface area (Å²) < 4.78 is 11.2. The van der Waals surface area contributed by atoms with Crippen LogP contribution in [0.4, 0.5) is 5.69 Å². The summed E-state index contributed by atoms with van der Waals surface area (Å²) in [4.78, 5) is 15.3. The van der Waals surface area contributed by atoms with Gasteiger partial charge in [0, 0.05) is 11.5 Å². The summed E-state index contributed by atoms with van der Waals surface area (Å²) >= 11 is 0. The fourth-order valence-corrected chi connectivity index (χ4v) is 2.80. The second-order valence-corrected chi connectivity index (χ2v) is 6.29. The van der Waals surface area contributed by atoms with E-state index in [1.54, 1.807) is 13.2 Å². The van der Waals surface area contributed by atoms with Crippen molar-refractivity contribution < 1.29 is 14.4 Å². The van der Waals surface area contributed by atoms with Gasteiger partial charge in [-0.05, 0) is 36.3 Å². The number of para-hydroxylation sites is 1. The van der Waals surface area contributed by atoms with Crippen LogP contribution in [0.15, 0.2) is 48.5 Å². The van der Waals surface area contributed by atoms with Gasteiger partial charge in [-0.15, -0.1) is 0 Å². The average molecular weight is 378 g/mol. The SMILES string of the molecule is CCCCOc1cc(/C=C/c2ccc3cccc([N+](=O)[O-])c3n2)ccc1OC. The Morgan fingerprint density at radius 1 is 1.11 bits per heavy atom. The highest BCUT2D eigenvalue weighted by Crippen LogP contribution is 2.29. The Labute approximate surface area is 163 Å². The third kappa shape index (κ3) is 4.46. The fourth-order valence-electron chi connectivity index (χ4n) is 2.80. The summed E-state index contributed by atoms with van der Waals surface area (Å²) in [5.41, 5.74) is 1.96. The second kappa shape index (κ2) is 8.99. The lowest BCUT2D eigenvalue weighted by Gasteiger charge is -2.11. The van der Waals surface area contributed by atoms with Gasteiger partial charge >= 0.3 is 0 Å². The topological polar surface area (TPSA) is 74.5 Å². The molecule has 6 heteroatoms. The van der Waals surface area contributed by atoms with Gasteiger partial charge in [-0.3, -0.25) is 10.1 Å². The van der Waals surface area contributed by atoms with Crippen LogP contribution in [-0.4, -0.2) is 23.6 Å². The standard InChI is InChI=1S/C22H22N2O4/c1-3-4-14-28-21-15-16(9-13-20(21)27-2)8-11-18-12-10-17-6-5-7-19(24(25)26)22(17)23-18/h5-13,15H,3-4,14H2,1-2H3/b11-8+. The van der Waals surface area contributed by atoms with Crippen LogP contribution in [0.3, 0.4) is 0 Å². The minimum atomic E-state index is -0.410. The molecule has 0 fully saturated rings. The lowest BCUT2D eigenvalue weighted by Crippen LogP contribution is -1.99. The minimum absolute atomic E-state index is 0.00353. The van der Waals surface area contributed by atoms with Gasteiger partial charge in [-0.25, -0.2) is 4.98 Å². The molecule has 3 rings (SSSR count). The molecule has 0 atom stereocenters. The first-order valence-electron chi connectivity index (χ1n) is 9.15. The summed E-state index contributed by atoms with van der Waals surface area (Å²) in [7, 11) is 1.61. The number of hydrogen-bond acceptors (Lipinski definition) is 5. The highest BCUT2D eigenvalue weighted by molar-refractivity contribution is 5.88. The molecule has 6 nitrogen and oxygen atoms in total. The number of methoxy groups -OCH3 is 1. The summed E-state index contributed by atoms with van der Waals surface area (Å²) in [5, 5.41) is 12.0. The van der Waals surface area contributed by atoms with Gasteiger partial charge in [0.05, 0.1) is 24.3 Å². The number of rotatable bonds is 8. The van der Waals surface area contributed by atoms with Crippen molar-refractivity contribution in [3.63, 3.8) is 0 Å². The van der Waals surface area contributed by atoms with Crippen molar-refractivity contribution >= 4 is 28.7 Å². The van der Waals surface area contributed by atoms with Crippen molar-refractivity contribution in [3.8, 4) is 11.5 Å². The molecule has 0 unspecified atom stereocenters. The van der Waals surface area contributed by atoms with E-state index in [-0.39, 0.29) is 5.69 Å². The van der Waals surface area contributed by atoms with Gasteiger partial charge in [-0.1, -0.05) is 43.7 Å². The van der Waals surface area contributed by atoms with Gasteiger partial charge < -0.3 is 9.47 Å². The number of pyridine rings is 1.